The van der Waals surface area contributed by atoms with Crippen LogP contribution >= 0.6 is 15.9 Å². The van der Waals surface area contributed by atoms with Gasteiger partial charge in [0.05, 0.1) is 6.61 Å². The summed E-state index contributed by atoms with van der Waals surface area (Å²) in [5.74, 6) is -0.584. The van der Waals surface area contributed by atoms with Crippen molar-refractivity contribution in [1.29, 1.82) is 5.26 Å². The molecule has 1 aromatic rings. The van der Waals surface area contributed by atoms with E-state index in [0.29, 0.717) is 0 Å². The quantitative estimate of drug-likeness (QED) is 0.371. The lowest BCUT2D eigenvalue weighted by Crippen LogP contribution is -2.05. The average molecular weight is 294 g/mol. The van der Waals surface area contributed by atoms with E-state index < -0.39 is 5.97 Å². The van der Waals surface area contributed by atoms with Crippen molar-refractivity contribution in [2.45, 2.75) is 12.3 Å². The normalized spacial score (nSPS) is 10.8. The van der Waals surface area contributed by atoms with Gasteiger partial charge in [-0.25, -0.2) is 4.79 Å². The lowest BCUT2D eigenvalue weighted by molar-refractivity contribution is -0.137. The Kier molecular flexibility index (Phi) is 5.44. The number of nitrogens with zero attached hydrogens (tertiary/aromatic N) is 1. The molecular formula is C13H12BrNO2. The zero-order chi connectivity index (χ0) is 12.7. The molecule has 0 aliphatic carbocycles. The molecule has 3 nitrogen and oxygen atoms in total. The number of halogens is 1. The van der Waals surface area contributed by atoms with Crippen LogP contribution in [0.4, 0.5) is 0 Å². The molecule has 0 amide bonds. The first-order valence-corrected chi connectivity index (χ1v) is 6.27. The highest BCUT2D eigenvalue weighted by Gasteiger charge is 2.09. The molecule has 0 radical (unpaired) electrons. The maximum atomic E-state index is 11.4. The summed E-state index contributed by atoms with van der Waals surface area (Å²) in [5.41, 5.74) is 1.95. The van der Waals surface area contributed by atoms with Crippen molar-refractivity contribution in [2.75, 3.05) is 6.61 Å². The minimum absolute atomic E-state index is 0.0124. The van der Waals surface area contributed by atoms with Crippen LogP contribution in [-0.4, -0.2) is 12.6 Å². The summed E-state index contributed by atoms with van der Waals surface area (Å²) in [5, 5.41) is 9.64. The van der Waals surface area contributed by atoms with Gasteiger partial charge in [-0.15, -0.1) is 0 Å². The van der Waals surface area contributed by atoms with E-state index in [1.54, 1.807) is 6.92 Å². The Bertz CT molecular complexity index is 457. The molecule has 0 unspecified atom stereocenters. The number of alkyl halides is 1. The van der Waals surface area contributed by atoms with E-state index in [9.17, 15) is 4.79 Å². The van der Waals surface area contributed by atoms with Gasteiger partial charge in [0.25, 0.3) is 0 Å². The molecule has 17 heavy (non-hydrogen) atoms. The second-order valence-electron chi connectivity index (χ2n) is 3.27. The fraction of sp³-hybridized carbons (Fsp3) is 0.231. The van der Waals surface area contributed by atoms with Gasteiger partial charge in [0.2, 0.25) is 0 Å². The maximum Gasteiger partial charge on any atom is 0.348 e. The largest absolute Gasteiger partial charge is 0.462 e. The van der Waals surface area contributed by atoms with Crippen LogP contribution < -0.4 is 0 Å². The number of hydrogen-bond donors (Lipinski definition) is 0. The average Bonchev–Trinajstić information content (AvgIpc) is 2.37. The Balaban J connectivity index is 2.91. The van der Waals surface area contributed by atoms with Gasteiger partial charge in [0.1, 0.15) is 11.6 Å². The van der Waals surface area contributed by atoms with Crippen LogP contribution in [0.25, 0.3) is 6.08 Å². The zero-order valence-corrected chi connectivity index (χ0v) is 11.0. The molecule has 0 saturated heterocycles. The van der Waals surface area contributed by atoms with E-state index in [1.165, 1.54) is 6.08 Å². The predicted molar refractivity (Wildman–Crippen MR) is 69.3 cm³/mol. The number of hydrogen-bond acceptors (Lipinski definition) is 3. The van der Waals surface area contributed by atoms with Crippen molar-refractivity contribution >= 4 is 28.0 Å². The third-order valence-electron chi connectivity index (χ3n) is 2.06. The number of carbonyl (C=O) groups excluding carboxylic acids is 1. The Morgan fingerprint density at radius 1 is 1.47 bits per heavy atom. The molecule has 0 heterocycles. The summed E-state index contributed by atoms with van der Waals surface area (Å²) in [6.45, 7) is 1.97. The second kappa shape index (κ2) is 6.87. The predicted octanol–water partition coefficient (Wildman–Crippen LogP) is 3.05. The van der Waals surface area contributed by atoms with Gasteiger partial charge in [0, 0.05) is 5.33 Å². The van der Waals surface area contributed by atoms with Gasteiger partial charge in [-0.1, -0.05) is 40.2 Å². The molecule has 1 rings (SSSR count). The minimum atomic E-state index is -0.584. The van der Waals surface area contributed by atoms with Crippen molar-refractivity contribution in [3.8, 4) is 6.07 Å². The van der Waals surface area contributed by atoms with Crippen LogP contribution in [0.1, 0.15) is 18.1 Å². The third-order valence-corrected chi connectivity index (χ3v) is 2.71. The molecule has 0 aromatic heterocycles. The molecule has 0 N–H and O–H groups in total. The fourth-order valence-electron chi connectivity index (χ4n) is 1.22. The van der Waals surface area contributed by atoms with Crippen LogP contribution in [0, 0.1) is 11.3 Å². The van der Waals surface area contributed by atoms with Gasteiger partial charge in [-0.2, -0.15) is 5.26 Å². The van der Waals surface area contributed by atoms with E-state index in [4.69, 9.17) is 10.00 Å². The molecule has 88 valence electrons. The SMILES string of the molecule is CCOC(=O)/C(C#N)=C/c1ccc(CBr)cc1. The smallest absolute Gasteiger partial charge is 0.348 e. The number of esters is 1. The van der Waals surface area contributed by atoms with Crippen LogP contribution in [0.2, 0.25) is 0 Å². The van der Waals surface area contributed by atoms with Crippen molar-refractivity contribution in [1.82, 2.24) is 0 Å². The van der Waals surface area contributed by atoms with E-state index in [0.717, 1.165) is 16.5 Å². The Labute approximate surface area is 109 Å². The minimum Gasteiger partial charge on any atom is -0.462 e. The van der Waals surface area contributed by atoms with Gasteiger partial charge >= 0.3 is 5.97 Å². The highest BCUT2D eigenvalue weighted by atomic mass is 79.9. The molecule has 0 aliphatic rings. The van der Waals surface area contributed by atoms with Crippen molar-refractivity contribution in [3.05, 3.63) is 41.0 Å². The lowest BCUT2D eigenvalue weighted by atomic mass is 10.1. The van der Waals surface area contributed by atoms with E-state index in [1.807, 2.05) is 30.3 Å². The third kappa shape index (κ3) is 4.04. The van der Waals surface area contributed by atoms with Gasteiger partial charge in [-0.05, 0) is 24.1 Å². The standard InChI is InChI=1S/C13H12BrNO2/c1-2-17-13(16)12(9-15)7-10-3-5-11(8-14)6-4-10/h3-7H,2,8H2,1H3/b12-7+. The summed E-state index contributed by atoms with van der Waals surface area (Å²) in [6.07, 6.45) is 1.52. The summed E-state index contributed by atoms with van der Waals surface area (Å²) >= 11 is 3.35. The molecule has 0 aliphatic heterocycles. The summed E-state index contributed by atoms with van der Waals surface area (Å²) in [7, 11) is 0. The highest BCUT2D eigenvalue weighted by molar-refractivity contribution is 9.08. The van der Waals surface area contributed by atoms with Gasteiger partial charge < -0.3 is 4.74 Å². The lowest BCUT2D eigenvalue weighted by Gasteiger charge is -2.00. The second-order valence-corrected chi connectivity index (χ2v) is 3.83. The monoisotopic (exact) mass is 293 g/mol. The fourth-order valence-corrected chi connectivity index (χ4v) is 1.59. The zero-order valence-electron chi connectivity index (χ0n) is 9.44. The summed E-state index contributed by atoms with van der Waals surface area (Å²) in [4.78, 5) is 11.4. The summed E-state index contributed by atoms with van der Waals surface area (Å²) < 4.78 is 4.77. The number of benzene rings is 1. The molecule has 0 bridgehead atoms. The van der Waals surface area contributed by atoms with Crippen LogP contribution in [0.5, 0.6) is 0 Å². The first-order chi connectivity index (χ1) is 8.21. The first-order valence-electron chi connectivity index (χ1n) is 5.15. The Hall–Kier alpha value is -1.60. The van der Waals surface area contributed by atoms with Gasteiger partial charge in [-0.3, -0.25) is 0 Å². The Morgan fingerprint density at radius 3 is 2.59 bits per heavy atom. The molecule has 0 spiro atoms. The topological polar surface area (TPSA) is 50.1 Å². The molecular weight excluding hydrogens is 282 g/mol. The van der Waals surface area contributed by atoms with Crippen molar-refractivity contribution < 1.29 is 9.53 Å². The molecule has 1 aromatic carbocycles. The number of carbonyl (C=O) groups is 1. The number of rotatable bonds is 4. The summed E-state index contributed by atoms with van der Waals surface area (Å²) in [6, 6.07) is 9.41. The van der Waals surface area contributed by atoms with E-state index in [-0.39, 0.29) is 12.2 Å². The molecule has 0 atom stereocenters. The van der Waals surface area contributed by atoms with Crippen molar-refractivity contribution in [2.24, 2.45) is 0 Å². The number of ether oxygens (including phenoxy) is 1. The maximum absolute atomic E-state index is 11.4. The molecule has 0 fully saturated rings. The molecule has 0 saturated carbocycles. The van der Waals surface area contributed by atoms with Gasteiger partial charge in [0.15, 0.2) is 0 Å². The van der Waals surface area contributed by atoms with Crippen LogP contribution in [0.3, 0.4) is 0 Å². The molecule has 4 heteroatoms. The number of nitriles is 1. The Morgan fingerprint density at radius 2 is 2.12 bits per heavy atom. The highest BCUT2D eigenvalue weighted by Crippen LogP contribution is 2.11. The van der Waals surface area contributed by atoms with E-state index >= 15 is 0 Å². The van der Waals surface area contributed by atoms with Crippen LogP contribution in [0.15, 0.2) is 29.8 Å². The van der Waals surface area contributed by atoms with Crippen molar-refractivity contribution in [3.63, 3.8) is 0 Å². The first kappa shape index (κ1) is 13.5. The van der Waals surface area contributed by atoms with E-state index in [2.05, 4.69) is 15.9 Å². The van der Waals surface area contributed by atoms with Crippen LogP contribution in [-0.2, 0) is 14.9 Å².